The molecular weight excluding hydrogens is 318 g/mol. The number of imide groups is 1. The number of nitrogens with zero attached hydrogens (tertiary/aromatic N) is 1. The lowest BCUT2D eigenvalue weighted by Crippen LogP contribution is -2.47. The minimum Gasteiger partial charge on any atom is -0.355 e. The number of benzene rings is 1. The van der Waals surface area contributed by atoms with Crippen molar-refractivity contribution >= 4 is 17.8 Å². The van der Waals surface area contributed by atoms with E-state index in [-0.39, 0.29) is 18.4 Å². The number of hydrogen-bond donors (Lipinski definition) is 2. The average Bonchev–Trinajstić information content (AvgIpc) is 2.80. The molecule has 1 aromatic carbocycles. The number of carbonyl (C=O) groups excluding carboxylic acids is 3. The molecule has 1 aliphatic heterocycles. The normalized spacial score (nSPS) is 22.3. The Bertz CT molecular complexity index is 701. The molecule has 0 unspecified atom stereocenters. The molecule has 6 nitrogen and oxygen atoms in total. The van der Waals surface area contributed by atoms with Gasteiger partial charge in [-0.15, -0.1) is 0 Å². The molecule has 0 bridgehead atoms. The third kappa shape index (κ3) is 3.25. The Balaban J connectivity index is 1.74. The summed E-state index contributed by atoms with van der Waals surface area (Å²) in [5.41, 5.74) is 0.942. The van der Waals surface area contributed by atoms with Gasteiger partial charge in [-0.05, 0) is 42.7 Å². The molecule has 2 N–H and O–H groups in total. The van der Waals surface area contributed by atoms with Crippen LogP contribution in [0.3, 0.4) is 0 Å². The van der Waals surface area contributed by atoms with Gasteiger partial charge in [0.1, 0.15) is 12.1 Å². The van der Waals surface area contributed by atoms with Gasteiger partial charge in [-0.25, -0.2) is 4.79 Å². The second kappa shape index (κ2) is 6.86. The van der Waals surface area contributed by atoms with E-state index in [1.807, 2.05) is 24.3 Å². The summed E-state index contributed by atoms with van der Waals surface area (Å²) in [6.07, 6.45) is 3.16. The van der Waals surface area contributed by atoms with Crippen LogP contribution in [0.15, 0.2) is 24.3 Å². The second-order valence-electron chi connectivity index (χ2n) is 7.27. The van der Waals surface area contributed by atoms with Gasteiger partial charge in [0.25, 0.3) is 5.91 Å². The van der Waals surface area contributed by atoms with Gasteiger partial charge in [0, 0.05) is 6.54 Å². The molecule has 0 aromatic heterocycles. The van der Waals surface area contributed by atoms with Crippen molar-refractivity contribution in [2.45, 2.75) is 45.1 Å². The first-order valence-corrected chi connectivity index (χ1v) is 8.93. The summed E-state index contributed by atoms with van der Waals surface area (Å²) >= 11 is 0. The molecule has 2 aliphatic rings. The molecule has 1 saturated heterocycles. The van der Waals surface area contributed by atoms with E-state index in [2.05, 4.69) is 24.5 Å². The van der Waals surface area contributed by atoms with Crippen LogP contribution in [-0.2, 0) is 21.5 Å². The van der Waals surface area contributed by atoms with Crippen LogP contribution in [-0.4, -0.2) is 35.8 Å². The summed E-state index contributed by atoms with van der Waals surface area (Å²) in [6, 6.07) is 7.24. The van der Waals surface area contributed by atoms with E-state index in [0.717, 1.165) is 35.3 Å². The SMILES string of the molecule is CC(C)CCNC(=O)CN1C(=O)N[C@@]2(CCCc3ccccc32)C1=O. The first-order chi connectivity index (χ1) is 11.9. The summed E-state index contributed by atoms with van der Waals surface area (Å²) in [5.74, 6) is -0.131. The average molecular weight is 343 g/mol. The number of aryl methyl sites for hydroxylation is 1. The number of nitrogens with one attached hydrogen (secondary N) is 2. The number of urea groups is 1. The Labute approximate surface area is 148 Å². The molecule has 1 atom stereocenters. The van der Waals surface area contributed by atoms with Crippen LogP contribution in [0, 0.1) is 5.92 Å². The van der Waals surface area contributed by atoms with Gasteiger partial charge in [0.05, 0.1) is 0 Å². The fraction of sp³-hybridized carbons (Fsp3) is 0.526. The van der Waals surface area contributed by atoms with Gasteiger partial charge in [-0.2, -0.15) is 0 Å². The van der Waals surface area contributed by atoms with Gasteiger partial charge in [0.15, 0.2) is 0 Å². The molecule has 0 radical (unpaired) electrons. The molecule has 134 valence electrons. The van der Waals surface area contributed by atoms with Crippen molar-refractivity contribution in [3.63, 3.8) is 0 Å². The zero-order valence-corrected chi connectivity index (χ0v) is 14.8. The maximum absolute atomic E-state index is 13.0. The van der Waals surface area contributed by atoms with Crippen LogP contribution in [0.1, 0.15) is 44.2 Å². The van der Waals surface area contributed by atoms with Crippen LogP contribution in [0.4, 0.5) is 4.79 Å². The highest BCUT2D eigenvalue weighted by Crippen LogP contribution is 2.39. The minimum absolute atomic E-state index is 0.229. The van der Waals surface area contributed by atoms with E-state index < -0.39 is 11.6 Å². The van der Waals surface area contributed by atoms with Gasteiger partial charge in [-0.3, -0.25) is 14.5 Å². The molecule has 1 fully saturated rings. The highest BCUT2D eigenvalue weighted by molar-refractivity contribution is 6.09. The van der Waals surface area contributed by atoms with Crippen molar-refractivity contribution in [3.8, 4) is 0 Å². The lowest BCUT2D eigenvalue weighted by atomic mass is 9.76. The smallest absolute Gasteiger partial charge is 0.325 e. The fourth-order valence-electron chi connectivity index (χ4n) is 3.65. The van der Waals surface area contributed by atoms with Crippen LogP contribution in [0.2, 0.25) is 0 Å². The summed E-state index contributed by atoms with van der Waals surface area (Å²) < 4.78 is 0. The quantitative estimate of drug-likeness (QED) is 0.802. The Hall–Kier alpha value is -2.37. The highest BCUT2D eigenvalue weighted by Gasteiger charge is 2.54. The lowest BCUT2D eigenvalue weighted by Gasteiger charge is -2.33. The van der Waals surface area contributed by atoms with Crippen LogP contribution >= 0.6 is 0 Å². The third-order valence-corrected chi connectivity index (χ3v) is 5.00. The summed E-state index contributed by atoms with van der Waals surface area (Å²) in [5, 5.41) is 5.64. The Morgan fingerprint density at radius 2 is 2.08 bits per heavy atom. The summed E-state index contributed by atoms with van der Waals surface area (Å²) in [4.78, 5) is 38.6. The predicted molar refractivity (Wildman–Crippen MR) is 93.8 cm³/mol. The van der Waals surface area contributed by atoms with Crippen molar-refractivity contribution in [2.75, 3.05) is 13.1 Å². The molecule has 1 aromatic rings. The number of fused-ring (bicyclic) bond motifs is 2. The molecule has 1 spiro atoms. The van der Waals surface area contributed by atoms with Crippen molar-refractivity contribution in [1.82, 2.24) is 15.5 Å². The van der Waals surface area contributed by atoms with Crippen molar-refractivity contribution in [2.24, 2.45) is 5.92 Å². The van der Waals surface area contributed by atoms with Crippen LogP contribution < -0.4 is 10.6 Å². The lowest BCUT2D eigenvalue weighted by molar-refractivity contribution is -0.135. The highest BCUT2D eigenvalue weighted by atomic mass is 16.2. The molecular formula is C19H25N3O3. The van der Waals surface area contributed by atoms with Crippen molar-refractivity contribution in [1.29, 1.82) is 0 Å². The molecule has 1 heterocycles. The van der Waals surface area contributed by atoms with E-state index in [9.17, 15) is 14.4 Å². The fourth-order valence-corrected chi connectivity index (χ4v) is 3.65. The van der Waals surface area contributed by atoms with E-state index in [4.69, 9.17) is 0 Å². The number of carbonyl (C=O) groups is 3. The maximum Gasteiger partial charge on any atom is 0.325 e. The first kappa shape index (κ1) is 17.5. The predicted octanol–water partition coefficient (Wildman–Crippen LogP) is 1.93. The molecule has 25 heavy (non-hydrogen) atoms. The number of amides is 4. The molecule has 6 heteroatoms. The van der Waals surface area contributed by atoms with E-state index in [0.29, 0.717) is 18.9 Å². The summed E-state index contributed by atoms with van der Waals surface area (Å²) in [7, 11) is 0. The van der Waals surface area contributed by atoms with Gasteiger partial charge < -0.3 is 10.6 Å². The third-order valence-electron chi connectivity index (χ3n) is 5.00. The maximum atomic E-state index is 13.0. The Morgan fingerprint density at radius 1 is 1.32 bits per heavy atom. The van der Waals surface area contributed by atoms with Crippen LogP contribution in [0.25, 0.3) is 0 Å². The van der Waals surface area contributed by atoms with Crippen molar-refractivity contribution < 1.29 is 14.4 Å². The molecule has 0 saturated carbocycles. The molecule has 4 amide bonds. The summed E-state index contributed by atoms with van der Waals surface area (Å²) in [6.45, 7) is 4.47. The second-order valence-corrected chi connectivity index (χ2v) is 7.27. The Kier molecular flexibility index (Phi) is 4.79. The van der Waals surface area contributed by atoms with Gasteiger partial charge >= 0.3 is 6.03 Å². The number of rotatable bonds is 5. The monoisotopic (exact) mass is 343 g/mol. The minimum atomic E-state index is -1.01. The van der Waals surface area contributed by atoms with Crippen molar-refractivity contribution in [3.05, 3.63) is 35.4 Å². The van der Waals surface area contributed by atoms with E-state index in [1.54, 1.807) is 0 Å². The van der Waals surface area contributed by atoms with E-state index in [1.165, 1.54) is 0 Å². The van der Waals surface area contributed by atoms with Gasteiger partial charge in [-0.1, -0.05) is 38.1 Å². The van der Waals surface area contributed by atoms with E-state index >= 15 is 0 Å². The Morgan fingerprint density at radius 3 is 2.84 bits per heavy atom. The molecule has 3 rings (SSSR count). The zero-order valence-electron chi connectivity index (χ0n) is 14.8. The topological polar surface area (TPSA) is 78.5 Å². The van der Waals surface area contributed by atoms with Gasteiger partial charge in [0.2, 0.25) is 5.91 Å². The molecule has 1 aliphatic carbocycles. The largest absolute Gasteiger partial charge is 0.355 e. The number of hydrogen-bond acceptors (Lipinski definition) is 3. The zero-order chi connectivity index (χ0) is 18.0. The standard InChI is InChI=1S/C19H25N3O3/c1-13(2)9-11-20-16(23)12-22-17(24)19(21-18(22)25)10-5-7-14-6-3-4-8-15(14)19/h3-4,6,8,13H,5,7,9-12H2,1-2H3,(H,20,23)(H,21,25)/t19-/m1/s1. The first-order valence-electron chi connectivity index (χ1n) is 8.93. The van der Waals surface area contributed by atoms with Crippen LogP contribution in [0.5, 0.6) is 0 Å².